The molecule has 160 valence electrons. The summed E-state index contributed by atoms with van der Waals surface area (Å²) < 4.78 is 66.5. The standard InChI is InChI=1S/C21H19F5N2O2/c22-15-6-13(7-16(23)10-15)20(30)28-18-9-14(21(24,25)26)8-17(11-18)27-19(29)12-4-2-1-3-5-12/h6-12H,1-5H2,(H,27,29)(H,28,30). The first-order chi connectivity index (χ1) is 14.1. The minimum Gasteiger partial charge on any atom is -0.326 e. The van der Waals surface area contributed by atoms with E-state index in [0.717, 1.165) is 37.5 Å². The van der Waals surface area contributed by atoms with Crippen molar-refractivity contribution < 1.29 is 31.5 Å². The Bertz CT molecular complexity index is 933. The van der Waals surface area contributed by atoms with Gasteiger partial charge in [-0.15, -0.1) is 0 Å². The van der Waals surface area contributed by atoms with Crippen LogP contribution in [0.4, 0.5) is 33.3 Å². The van der Waals surface area contributed by atoms with Crippen LogP contribution in [0.5, 0.6) is 0 Å². The molecule has 2 aromatic carbocycles. The van der Waals surface area contributed by atoms with E-state index in [-0.39, 0.29) is 23.2 Å². The number of amides is 2. The van der Waals surface area contributed by atoms with Crippen molar-refractivity contribution in [3.05, 3.63) is 59.2 Å². The van der Waals surface area contributed by atoms with E-state index in [4.69, 9.17) is 0 Å². The topological polar surface area (TPSA) is 58.2 Å². The van der Waals surface area contributed by atoms with Crippen molar-refractivity contribution in [2.24, 2.45) is 5.92 Å². The van der Waals surface area contributed by atoms with Crippen molar-refractivity contribution >= 4 is 23.2 Å². The first kappa shape index (κ1) is 21.7. The zero-order valence-corrected chi connectivity index (χ0v) is 15.8. The molecule has 0 saturated heterocycles. The van der Waals surface area contributed by atoms with Crippen LogP contribution in [0.25, 0.3) is 0 Å². The molecule has 0 bridgehead atoms. The lowest BCUT2D eigenvalue weighted by Crippen LogP contribution is -2.25. The summed E-state index contributed by atoms with van der Waals surface area (Å²) in [5, 5.41) is 4.68. The number of carbonyl (C=O) groups excluding carboxylic acids is 2. The predicted molar refractivity (Wildman–Crippen MR) is 101 cm³/mol. The Balaban J connectivity index is 1.85. The Kier molecular flexibility index (Phi) is 6.38. The minimum absolute atomic E-state index is 0.124. The van der Waals surface area contributed by atoms with Crippen LogP contribution >= 0.6 is 0 Å². The number of rotatable bonds is 4. The summed E-state index contributed by atoms with van der Waals surface area (Å²) in [6.45, 7) is 0. The molecule has 0 unspecified atom stereocenters. The molecule has 4 nitrogen and oxygen atoms in total. The van der Waals surface area contributed by atoms with Crippen molar-refractivity contribution in [2.75, 3.05) is 10.6 Å². The van der Waals surface area contributed by atoms with Crippen LogP contribution in [0.2, 0.25) is 0 Å². The fraction of sp³-hybridized carbons (Fsp3) is 0.333. The summed E-state index contributed by atoms with van der Waals surface area (Å²) in [4.78, 5) is 24.6. The van der Waals surface area contributed by atoms with Crippen molar-refractivity contribution in [3.63, 3.8) is 0 Å². The second kappa shape index (κ2) is 8.81. The molecule has 2 N–H and O–H groups in total. The Morgan fingerprint density at radius 1 is 0.800 bits per heavy atom. The number of anilines is 2. The molecule has 0 radical (unpaired) electrons. The molecule has 30 heavy (non-hydrogen) atoms. The largest absolute Gasteiger partial charge is 0.416 e. The smallest absolute Gasteiger partial charge is 0.326 e. The third-order valence-electron chi connectivity index (χ3n) is 4.89. The fourth-order valence-corrected chi connectivity index (χ4v) is 3.43. The van der Waals surface area contributed by atoms with E-state index in [9.17, 15) is 31.5 Å². The molecule has 0 atom stereocenters. The van der Waals surface area contributed by atoms with Gasteiger partial charge in [0, 0.05) is 28.9 Å². The fourth-order valence-electron chi connectivity index (χ4n) is 3.43. The molecule has 1 aliphatic rings. The third kappa shape index (κ3) is 5.55. The Hall–Kier alpha value is -2.97. The zero-order valence-electron chi connectivity index (χ0n) is 15.8. The van der Waals surface area contributed by atoms with E-state index in [1.807, 2.05) is 0 Å². The molecule has 2 amide bonds. The normalized spacial score (nSPS) is 15.0. The maximum absolute atomic E-state index is 13.3. The molecular weight excluding hydrogens is 407 g/mol. The highest BCUT2D eigenvalue weighted by atomic mass is 19.4. The molecule has 3 rings (SSSR count). The van der Waals surface area contributed by atoms with Crippen LogP contribution < -0.4 is 10.6 Å². The first-order valence-corrected chi connectivity index (χ1v) is 9.42. The number of hydrogen-bond donors (Lipinski definition) is 2. The van der Waals surface area contributed by atoms with Crippen LogP contribution in [0.3, 0.4) is 0 Å². The number of carbonyl (C=O) groups is 2. The molecular formula is C21H19F5N2O2. The molecule has 2 aromatic rings. The number of hydrogen-bond acceptors (Lipinski definition) is 2. The molecule has 1 fully saturated rings. The zero-order chi connectivity index (χ0) is 21.9. The van der Waals surface area contributed by atoms with E-state index in [1.54, 1.807) is 0 Å². The average molecular weight is 426 g/mol. The molecule has 0 spiro atoms. The first-order valence-electron chi connectivity index (χ1n) is 9.42. The Labute approximate surface area is 169 Å². The van der Waals surface area contributed by atoms with Crippen LogP contribution in [-0.2, 0) is 11.0 Å². The highest BCUT2D eigenvalue weighted by molar-refractivity contribution is 6.04. The Morgan fingerprint density at radius 3 is 1.93 bits per heavy atom. The van der Waals surface area contributed by atoms with E-state index in [0.29, 0.717) is 25.0 Å². The Morgan fingerprint density at radius 2 is 1.37 bits per heavy atom. The summed E-state index contributed by atoms with van der Waals surface area (Å²) >= 11 is 0. The van der Waals surface area contributed by atoms with E-state index >= 15 is 0 Å². The van der Waals surface area contributed by atoms with Gasteiger partial charge in [0.2, 0.25) is 5.91 Å². The highest BCUT2D eigenvalue weighted by Crippen LogP contribution is 2.34. The molecule has 0 aliphatic heterocycles. The minimum atomic E-state index is -4.73. The quantitative estimate of drug-likeness (QED) is 0.612. The van der Waals surface area contributed by atoms with Crippen molar-refractivity contribution in [3.8, 4) is 0 Å². The molecule has 0 aromatic heterocycles. The van der Waals surface area contributed by atoms with E-state index < -0.39 is 34.8 Å². The van der Waals surface area contributed by atoms with Crippen molar-refractivity contribution in [1.82, 2.24) is 0 Å². The molecule has 0 heterocycles. The second-order valence-electron chi connectivity index (χ2n) is 7.23. The van der Waals surface area contributed by atoms with Gasteiger partial charge >= 0.3 is 6.18 Å². The maximum Gasteiger partial charge on any atom is 0.416 e. The van der Waals surface area contributed by atoms with Gasteiger partial charge in [0.15, 0.2) is 0 Å². The summed E-state index contributed by atoms with van der Waals surface area (Å²) in [6, 6.07) is 4.72. The summed E-state index contributed by atoms with van der Waals surface area (Å²) in [6.07, 6.45) is -0.613. The highest BCUT2D eigenvalue weighted by Gasteiger charge is 2.32. The number of benzene rings is 2. The number of nitrogens with one attached hydrogen (secondary N) is 2. The van der Waals surface area contributed by atoms with Crippen LogP contribution in [0, 0.1) is 17.6 Å². The molecule has 1 aliphatic carbocycles. The summed E-state index contributed by atoms with van der Waals surface area (Å²) in [5.74, 6) is -3.63. The lowest BCUT2D eigenvalue weighted by atomic mass is 9.88. The monoisotopic (exact) mass is 426 g/mol. The van der Waals surface area contributed by atoms with Gasteiger partial charge in [0.25, 0.3) is 5.91 Å². The lowest BCUT2D eigenvalue weighted by Gasteiger charge is -2.21. The van der Waals surface area contributed by atoms with Gasteiger partial charge in [0.05, 0.1) is 5.56 Å². The summed E-state index contributed by atoms with van der Waals surface area (Å²) in [7, 11) is 0. The SMILES string of the molecule is O=C(Nc1cc(NC(=O)C2CCCCC2)cc(C(F)(F)F)c1)c1cc(F)cc(F)c1. The van der Waals surface area contributed by atoms with Gasteiger partial charge in [-0.1, -0.05) is 19.3 Å². The average Bonchev–Trinajstić information content (AvgIpc) is 2.67. The van der Waals surface area contributed by atoms with Gasteiger partial charge < -0.3 is 10.6 Å². The van der Waals surface area contributed by atoms with Gasteiger partial charge in [0.1, 0.15) is 11.6 Å². The van der Waals surface area contributed by atoms with Crippen molar-refractivity contribution in [2.45, 2.75) is 38.3 Å². The lowest BCUT2D eigenvalue weighted by molar-refractivity contribution is -0.137. The van der Waals surface area contributed by atoms with Gasteiger partial charge in [-0.25, -0.2) is 8.78 Å². The van der Waals surface area contributed by atoms with Crippen LogP contribution in [0.1, 0.15) is 48.0 Å². The maximum atomic E-state index is 13.3. The third-order valence-corrected chi connectivity index (χ3v) is 4.89. The van der Waals surface area contributed by atoms with E-state index in [2.05, 4.69) is 10.6 Å². The molecule has 9 heteroatoms. The van der Waals surface area contributed by atoms with Gasteiger partial charge in [-0.3, -0.25) is 9.59 Å². The number of halogens is 5. The van der Waals surface area contributed by atoms with Crippen LogP contribution in [-0.4, -0.2) is 11.8 Å². The molecule has 1 saturated carbocycles. The second-order valence-corrected chi connectivity index (χ2v) is 7.23. The van der Waals surface area contributed by atoms with Crippen LogP contribution in [0.15, 0.2) is 36.4 Å². The summed E-state index contributed by atoms with van der Waals surface area (Å²) in [5.41, 5.74) is -1.86. The number of alkyl halides is 3. The predicted octanol–water partition coefficient (Wildman–Crippen LogP) is 5.75. The van der Waals surface area contributed by atoms with E-state index in [1.165, 1.54) is 6.07 Å². The van der Waals surface area contributed by atoms with Crippen molar-refractivity contribution in [1.29, 1.82) is 0 Å². The van der Waals surface area contributed by atoms with Gasteiger partial charge in [-0.05, 0) is 43.2 Å². The van der Waals surface area contributed by atoms with Gasteiger partial charge in [-0.2, -0.15) is 13.2 Å².